The monoisotopic (exact) mass is 279 g/mol. The quantitative estimate of drug-likeness (QED) is 0.897. The van der Waals surface area contributed by atoms with Crippen LogP contribution in [0.25, 0.3) is 0 Å². The summed E-state index contributed by atoms with van der Waals surface area (Å²) in [5.74, 6) is -0.755. The standard InChI is InChI=1S/C11H15ClFNO2S/c1-8(5-14)6-17(15,16)7-9-2-3-11(13)10(12)4-9/h2-4,8H,5-7,14H2,1H3. The van der Waals surface area contributed by atoms with E-state index in [0.717, 1.165) is 0 Å². The largest absolute Gasteiger partial charge is 0.330 e. The number of halogens is 2. The number of hydrogen-bond donors (Lipinski definition) is 1. The summed E-state index contributed by atoms with van der Waals surface area (Å²) in [6, 6.07) is 3.92. The Morgan fingerprint density at radius 3 is 2.65 bits per heavy atom. The van der Waals surface area contributed by atoms with Gasteiger partial charge < -0.3 is 5.73 Å². The first-order valence-corrected chi connectivity index (χ1v) is 7.38. The third-order valence-corrected chi connectivity index (χ3v) is 4.45. The second-order valence-electron chi connectivity index (χ2n) is 4.14. The first-order valence-electron chi connectivity index (χ1n) is 5.18. The number of rotatable bonds is 5. The summed E-state index contributed by atoms with van der Waals surface area (Å²) < 4.78 is 36.4. The molecule has 1 atom stereocenters. The molecule has 0 aromatic heterocycles. The number of hydrogen-bond acceptors (Lipinski definition) is 3. The summed E-state index contributed by atoms with van der Waals surface area (Å²) >= 11 is 5.59. The Bertz CT molecular complexity index is 490. The average molecular weight is 280 g/mol. The molecule has 0 radical (unpaired) electrons. The Labute approximate surface area is 106 Å². The SMILES string of the molecule is CC(CN)CS(=O)(=O)Cc1ccc(F)c(Cl)c1. The van der Waals surface area contributed by atoms with E-state index in [1.54, 1.807) is 6.92 Å². The zero-order valence-corrected chi connectivity index (χ0v) is 11.1. The van der Waals surface area contributed by atoms with Crippen molar-refractivity contribution < 1.29 is 12.8 Å². The van der Waals surface area contributed by atoms with E-state index in [-0.39, 0.29) is 22.4 Å². The molecule has 1 unspecified atom stereocenters. The molecule has 96 valence electrons. The van der Waals surface area contributed by atoms with Crippen molar-refractivity contribution >= 4 is 21.4 Å². The highest BCUT2D eigenvalue weighted by molar-refractivity contribution is 7.90. The minimum atomic E-state index is -3.24. The van der Waals surface area contributed by atoms with Crippen LogP contribution in [0.15, 0.2) is 18.2 Å². The highest BCUT2D eigenvalue weighted by Gasteiger charge is 2.16. The van der Waals surface area contributed by atoms with Gasteiger partial charge in [0.1, 0.15) is 5.82 Å². The molecule has 0 saturated heterocycles. The molecule has 6 heteroatoms. The van der Waals surface area contributed by atoms with Crippen molar-refractivity contribution in [3.63, 3.8) is 0 Å². The lowest BCUT2D eigenvalue weighted by atomic mass is 10.2. The molecule has 0 amide bonds. The fraction of sp³-hybridized carbons (Fsp3) is 0.455. The molecule has 0 aliphatic heterocycles. The summed E-state index contributed by atoms with van der Waals surface area (Å²) in [7, 11) is -3.24. The van der Waals surface area contributed by atoms with Crippen LogP contribution in [0.5, 0.6) is 0 Å². The lowest BCUT2D eigenvalue weighted by Crippen LogP contribution is -2.22. The lowest BCUT2D eigenvalue weighted by molar-refractivity contribution is 0.573. The maximum Gasteiger partial charge on any atom is 0.154 e. The predicted octanol–water partition coefficient (Wildman–Crippen LogP) is 1.99. The summed E-state index contributed by atoms with van der Waals surface area (Å²) in [5.41, 5.74) is 5.87. The topological polar surface area (TPSA) is 60.2 Å². The van der Waals surface area contributed by atoms with E-state index in [9.17, 15) is 12.8 Å². The molecule has 17 heavy (non-hydrogen) atoms. The molecule has 2 N–H and O–H groups in total. The first kappa shape index (κ1) is 14.4. The number of nitrogens with two attached hydrogens (primary N) is 1. The van der Waals surface area contributed by atoms with E-state index < -0.39 is 15.7 Å². The van der Waals surface area contributed by atoms with E-state index in [4.69, 9.17) is 17.3 Å². The molecule has 3 nitrogen and oxygen atoms in total. The smallest absolute Gasteiger partial charge is 0.154 e. The van der Waals surface area contributed by atoms with Gasteiger partial charge in [-0.25, -0.2) is 12.8 Å². The van der Waals surface area contributed by atoms with E-state index in [1.807, 2.05) is 0 Å². The zero-order chi connectivity index (χ0) is 13.1. The molecule has 1 aromatic rings. The van der Waals surface area contributed by atoms with Gasteiger partial charge in [0.25, 0.3) is 0 Å². The maximum atomic E-state index is 12.9. The molecule has 1 rings (SSSR count). The fourth-order valence-corrected chi connectivity index (χ4v) is 3.46. The normalized spacial score (nSPS) is 13.6. The Balaban J connectivity index is 2.80. The second-order valence-corrected chi connectivity index (χ2v) is 6.66. The second kappa shape index (κ2) is 5.80. The van der Waals surface area contributed by atoms with Crippen molar-refractivity contribution in [2.24, 2.45) is 11.7 Å². The van der Waals surface area contributed by atoms with E-state index >= 15 is 0 Å². The van der Waals surface area contributed by atoms with E-state index in [0.29, 0.717) is 12.1 Å². The van der Waals surface area contributed by atoms with Gasteiger partial charge in [-0.3, -0.25) is 0 Å². The summed E-state index contributed by atoms with van der Waals surface area (Å²) in [4.78, 5) is 0. The Morgan fingerprint density at radius 1 is 1.47 bits per heavy atom. The molecule has 0 bridgehead atoms. The minimum Gasteiger partial charge on any atom is -0.330 e. The summed E-state index contributed by atoms with van der Waals surface area (Å²) in [6.45, 7) is 2.10. The van der Waals surface area contributed by atoms with Crippen molar-refractivity contribution in [3.05, 3.63) is 34.6 Å². The number of benzene rings is 1. The molecule has 0 heterocycles. The Hall–Kier alpha value is -0.650. The third kappa shape index (κ3) is 4.61. The van der Waals surface area contributed by atoms with Crippen molar-refractivity contribution in [3.8, 4) is 0 Å². The van der Waals surface area contributed by atoms with Crippen LogP contribution in [-0.4, -0.2) is 20.7 Å². The van der Waals surface area contributed by atoms with Gasteiger partial charge >= 0.3 is 0 Å². The van der Waals surface area contributed by atoms with Crippen LogP contribution >= 0.6 is 11.6 Å². The van der Waals surface area contributed by atoms with Crippen molar-refractivity contribution in [2.75, 3.05) is 12.3 Å². The third-order valence-electron chi connectivity index (χ3n) is 2.31. The lowest BCUT2D eigenvalue weighted by Gasteiger charge is -2.09. The van der Waals surface area contributed by atoms with Gasteiger partial charge in [0.15, 0.2) is 9.84 Å². The molecule has 0 aliphatic carbocycles. The molecule has 0 spiro atoms. The highest BCUT2D eigenvalue weighted by Crippen LogP contribution is 2.18. The van der Waals surface area contributed by atoms with Crippen LogP contribution in [0, 0.1) is 11.7 Å². The van der Waals surface area contributed by atoms with Gasteiger partial charge in [-0.2, -0.15) is 0 Å². The van der Waals surface area contributed by atoms with E-state index in [2.05, 4.69) is 0 Å². The molecule has 0 saturated carbocycles. The molecule has 1 aromatic carbocycles. The zero-order valence-electron chi connectivity index (χ0n) is 9.49. The van der Waals surface area contributed by atoms with Gasteiger partial charge in [0.2, 0.25) is 0 Å². The Morgan fingerprint density at radius 2 is 2.12 bits per heavy atom. The van der Waals surface area contributed by atoms with Crippen LogP contribution in [0.3, 0.4) is 0 Å². The molecular formula is C11H15ClFNO2S. The van der Waals surface area contributed by atoms with Crippen molar-refractivity contribution in [2.45, 2.75) is 12.7 Å². The van der Waals surface area contributed by atoms with Crippen LogP contribution in [0.2, 0.25) is 5.02 Å². The van der Waals surface area contributed by atoms with Gasteiger partial charge in [-0.05, 0) is 30.2 Å². The summed E-state index contributed by atoms with van der Waals surface area (Å²) in [6.07, 6.45) is 0. The number of sulfone groups is 1. The summed E-state index contributed by atoms with van der Waals surface area (Å²) in [5, 5.41) is -0.0652. The first-order chi connectivity index (χ1) is 7.84. The molecule has 0 fully saturated rings. The van der Waals surface area contributed by atoms with Crippen LogP contribution < -0.4 is 5.73 Å². The average Bonchev–Trinajstić information content (AvgIpc) is 2.22. The van der Waals surface area contributed by atoms with Crippen molar-refractivity contribution in [1.29, 1.82) is 0 Å². The highest BCUT2D eigenvalue weighted by atomic mass is 35.5. The molecular weight excluding hydrogens is 265 g/mol. The van der Waals surface area contributed by atoms with E-state index in [1.165, 1.54) is 18.2 Å². The van der Waals surface area contributed by atoms with Gasteiger partial charge in [-0.15, -0.1) is 0 Å². The maximum absolute atomic E-state index is 12.9. The minimum absolute atomic E-state index is 0.0263. The fourth-order valence-electron chi connectivity index (χ4n) is 1.44. The van der Waals surface area contributed by atoms with Gasteiger partial charge in [0, 0.05) is 0 Å². The van der Waals surface area contributed by atoms with Gasteiger partial charge in [-0.1, -0.05) is 24.6 Å². The predicted molar refractivity (Wildman–Crippen MR) is 67.1 cm³/mol. The van der Waals surface area contributed by atoms with Crippen LogP contribution in [-0.2, 0) is 15.6 Å². The van der Waals surface area contributed by atoms with Crippen LogP contribution in [0.1, 0.15) is 12.5 Å². The molecule has 0 aliphatic rings. The van der Waals surface area contributed by atoms with Crippen molar-refractivity contribution in [1.82, 2.24) is 0 Å². The van der Waals surface area contributed by atoms with Gasteiger partial charge in [0.05, 0.1) is 16.5 Å². The Kier molecular flexibility index (Phi) is 4.91. The van der Waals surface area contributed by atoms with Crippen LogP contribution in [0.4, 0.5) is 4.39 Å².